The van der Waals surface area contributed by atoms with Crippen LogP contribution in [0, 0.1) is 12.7 Å². The van der Waals surface area contributed by atoms with Crippen LogP contribution in [0.2, 0.25) is 0 Å². The van der Waals surface area contributed by atoms with Crippen LogP contribution in [0.3, 0.4) is 0 Å². The molecule has 0 spiro atoms. The average molecular weight is 469 g/mol. The minimum absolute atomic E-state index is 0.154. The highest BCUT2D eigenvalue weighted by atomic mass is 32.1. The maximum absolute atomic E-state index is 13.4. The van der Waals surface area contributed by atoms with E-state index in [0.717, 1.165) is 35.2 Å². The van der Waals surface area contributed by atoms with Crippen LogP contribution < -0.4 is 0 Å². The number of halogens is 1. The topological polar surface area (TPSA) is 67.2 Å². The van der Waals surface area contributed by atoms with Crippen molar-refractivity contribution in [2.45, 2.75) is 13.5 Å². The maximum Gasteiger partial charge on any atom is 0.293 e. The van der Waals surface area contributed by atoms with Crippen molar-refractivity contribution in [3.8, 4) is 16.4 Å². The molecule has 0 aliphatic carbocycles. The Bertz CT molecular complexity index is 1210. The van der Waals surface area contributed by atoms with Crippen molar-refractivity contribution < 1.29 is 9.18 Å². The zero-order valence-electron chi connectivity index (χ0n) is 17.4. The highest BCUT2D eigenvalue weighted by molar-refractivity contribution is 7.13. The van der Waals surface area contributed by atoms with Crippen LogP contribution in [0.5, 0.6) is 0 Å². The van der Waals surface area contributed by atoms with Crippen molar-refractivity contribution in [1.82, 2.24) is 29.5 Å². The molecule has 1 aliphatic rings. The standard InChI is InChI=1S/C22H21FN6OS2/c1-15-24-17(14-32-15)13-27-8-10-28(11-9-27)22(30)20-25-21(19-3-2-12-31-19)29(26-20)18-6-4-16(23)5-7-18/h2-7,12,14H,8-11,13H2,1H3. The zero-order chi connectivity index (χ0) is 22.1. The van der Waals surface area contributed by atoms with Crippen LogP contribution >= 0.6 is 22.7 Å². The molecule has 1 saturated heterocycles. The maximum atomic E-state index is 13.4. The van der Waals surface area contributed by atoms with Gasteiger partial charge in [-0.1, -0.05) is 6.07 Å². The Balaban J connectivity index is 1.34. The fourth-order valence-electron chi connectivity index (χ4n) is 3.69. The number of hydrogen-bond donors (Lipinski definition) is 0. The molecule has 0 saturated carbocycles. The normalized spacial score (nSPS) is 14.8. The number of thiophene rings is 1. The Kier molecular flexibility index (Phi) is 5.81. The summed E-state index contributed by atoms with van der Waals surface area (Å²) in [6, 6.07) is 9.87. The molecule has 1 aromatic carbocycles. The number of carbonyl (C=O) groups excluding carboxylic acids is 1. The zero-order valence-corrected chi connectivity index (χ0v) is 19.1. The van der Waals surface area contributed by atoms with E-state index >= 15 is 0 Å². The number of nitrogens with zero attached hydrogens (tertiary/aromatic N) is 6. The molecule has 0 bridgehead atoms. The van der Waals surface area contributed by atoms with Gasteiger partial charge in [0.15, 0.2) is 5.82 Å². The van der Waals surface area contributed by atoms with E-state index in [1.807, 2.05) is 24.4 Å². The van der Waals surface area contributed by atoms with Crippen LogP contribution in [0.4, 0.5) is 4.39 Å². The molecule has 0 unspecified atom stereocenters. The molecule has 7 nitrogen and oxygen atoms in total. The van der Waals surface area contributed by atoms with Gasteiger partial charge < -0.3 is 4.90 Å². The molecular formula is C22H21FN6OS2. The molecule has 1 fully saturated rings. The third-order valence-corrected chi connectivity index (χ3v) is 7.01. The molecule has 164 valence electrons. The number of piperazine rings is 1. The smallest absolute Gasteiger partial charge is 0.293 e. The minimum Gasteiger partial charge on any atom is -0.333 e. The Morgan fingerprint density at radius 3 is 2.50 bits per heavy atom. The summed E-state index contributed by atoms with van der Waals surface area (Å²) >= 11 is 3.17. The quantitative estimate of drug-likeness (QED) is 0.445. The second-order valence-electron chi connectivity index (χ2n) is 7.55. The van der Waals surface area contributed by atoms with Crippen LogP contribution in [0.25, 0.3) is 16.4 Å². The van der Waals surface area contributed by atoms with E-state index in [-0.39, 0.29) is 17.5 Å². The van der Waals surface area contributed by atoms with Gasteiger partial charge >= 0.3 is 0 Å². The van der Waals surface area contributed by atoms with Crippen molar-refractivity contribution in [3.63, 3.8) is 0 Å². The number of carbonyl (C=O) groups is 1. The van der Waals surface area contributed by atoms with Gasteiger partial charge in [0.05, 0.1) is 21.3 Å². The Hall–Kier alpha value is -2.95. The number of benzene rings is 1. The molecule has 5 rings (SSSR count). The first-order valence-corrected chi connectivity index (χ1v) is 12.0. The van der Waals surface area contributed by atoms with Crippen LogP contribution in [-0.4, -0.2) is 61.6 Å². The van der Waals surface area contributed by atoms with Gasteiger partial charge in [0.25, 0.3) is 5.91 Å². The molecule has 10 heteroatoms. The minimum atomic E-state index is -0.325. The van der Waals surface area contributed by atoms with Gasteiger partial charge in [0.2, 0.25) is 5.82 Å². The number of thiazole rings is 1. The molecule has 0 radical (unpaired) electrons. The number of amides is 1. The summed E-state index contributed by atoms with van der Waals surface area (Å²) in [6.45, 7) is 5.58. The van der Waals surface area contributed by atoms with Gasteiger partial charge in [-0.3, -0.25) is 9.69 Å². The van der Waals surface area contributed by atoms with Gasteiger partial charge in [-0.2, -0.15) is 0 Å². The monoisotopic (exact) mass is 468 g/mol. The lowest BCUT2D eigenvalue weighted by Crippen LogP contribution is -2.48. The SMILES string of the molecule is Cc1nc(CN2CCN(C(=O)c3nc(-c4cccs4)n(-c4ccc(F)cc4)n3)CC2)cs1. The first kappa shape index (κ1) is 20.9. The van der Waals surface area contributed by atoms with Crippen LogP contribution in [0.15, 0.2) is 47.2 Å². The number of aryl methyl sites for hydroxylation is 1. The van der Waals surface area contributed by atoms with E-state index in [0.29, 0.717) is 24.6 Å². The average Bonchev–Trinajstić information content (AvgIpc) is 3.55. The van der Waals surface area contributed by atoms with Crippen molar-refractivity contribution in [1.29, 1.82) is 0 Å². The Morgan fingerprint density at radius 2 is 1.84 bits per heavy atom. The second kappa shape index (κ2) is 8.89. The largest absolute Gasteiger partial charge is 0.333 e. The van der Waals surface area contributed by atoms with E-state index in [9.17, 15) is 9.18 Å². The third-order valence-electron chi connectivity index (χ3n) is 5.32. The summed E-state index contributed by atoms with van der Waals surface area (Å²) in [5.41, 5.74) is 1.73. The molecule has 4 aromatic rings. The molecule has 1 aliphatic heterocycles. The second-order valence-corrected chi connectivity index (χ2v) is 9.56. The molecule has 4 heterocycles. The number of hydrogen-bond acceptors (Lipinski definition) is 7. The molecule has 1 amide bonds. The lowest BCUT2D eigenvalue weighted by atomic mass is 10.3. The predicted molar refractivity (Wildman–Crippen MR) is 123 cm³/mol. The van der Waals surface area contributed by atoms with Crippen LogP contribution in [-0.2, 0) is 6.54 Å². The predicted octanol–water partition coefficient (Wildman–Crippen LogP) is 3.86. The summed E-state index contributed by atoms with van der Waals surface area (Å²) in [7, 11) is 0. The molecule has 0 N–H and O–H groups in total. The number of aromatic nitrogens is 4. The fourth-order valence-corrected chi connectivity index (χ4v) is 4.99. The molecule has 0 atom stereocenters. The summed E-state index contributed by atoms with van der Waals surface area (Å²) < 4.78 is 15.0. The highest BCUT2D eigenvalue weighted by Gasteiger charge is 2.27. The van der Waals surface area contributed by atoms with E-state index in [1.54, 1.807) is 33.1 Å². The molecule has 3 aromatic heterocycles. The van der Waals surface area contributed by atoms with Gasteiger partial charge in [-0.05, 0) is 42.6 Å². The number of rotatable bonds is 5. The van der Waals surface area contributed by atoms with Crippen molar-refractivity contribution in [2.75, 3.05) is 26.2 Å². The van der Waals surface area contributed by atoms with E-state index in [2.05, 4.69) is 25.3 Å². The molecule has 32 heavy (non-hydrogen) atoms. The Morgan fingerprint density at radius 1 is 1.06 bits per heavy atom. The Labute approximate surface area is 192 Å². The lowest BCUT2D eigenvalue weighted by molar-refractivity contribution is 0.0615. The summed E-state index contributed by atoms with van der Waals surface area (Å²) in [4.78, 5) is 27.3. The van der Waals surface area contributed by atoms with Crippen molar-refractivity contribution in [2.24, 2.45) is 0 Å². The lowest BCUT2D eigenvalue weighted by Gasteiger charge is -2.33. The van der Waals surface area contributed by atoms with E-state index in [4.69, 9.17) is 0 Å². The van der Waals surface area contributed by atoms with Gasteiger partial charge in [-0.25, -0.2) is 19.0 Å². The van der Waals surface area contributed by atoms with E-state index in [1.165, 1.54) is 23.5 Å². The summed E-state index contributed by atoms with van der Waals surface area (Å²) in [5.74, 6) is 0.218. The summed E-state index contributed by atoms with van der Waals surface area (Å²) in [5, 5.41) is 9.61. The first-order valence-electron chi connectivity index (χ1n) is 10.3. The van der Waals surface area contributed by atoms with Gasteiger partial charge in [0.1, 0.15) is 5.82 Å². The fraction of sp³-hybridized carbons (Fsp3) is 0.273. The van der Waals surface area contributed by atoms with E-state index < -0.39 is 0 Å². The van der Waals surface area contributed by atoms with Crippen LogP contribution in [0.1, 0.15) is 21.3 Å². The third kappa shape index (κ3) is 4.34. The highest BCUT2D eigenvalue weighted by Crippen LogP contribution is 2.26. The van der Waals surface area contributed by atoms with Gasteiger partial charge in [-0.15, -0.1) is 27.8 Å². The van der Waals surface area contributed by atoms with Crippen molar-refractivity contribution in [3.05, 3.63) is 69.5 Å². The molecular weight excluding hydrogens is 447 g/mol. The van der Waals surface area contributed by atoms with Gasteiger partial charge in [0, 0.05) is 38.1 Å². The summed E-state index contributed by atoms with van der Waals surface area (Å²) in [6.07, 6.45) is 0. The van der Waals surface area contributed by atoms with Crippen molar-refractivity contribution >= 4 is 28.6 Å². The first-order chi connectivity index (χ1) is 15.6.